The van der Waals surface area contributed by atoms with Gasteiger partial charge in [-0.05, 0) is 69.7 Å². The Morgan fingerprint density at radius 2 is 1.58 bits per heavy atom. The summed E-state index contributed by atoms with van der Waals surface area (Å²) < 4.78 is 11.1. The minimum atomic E-state index is -0.519. The lowest BCUT2D eigenvalue weighted by Gasteiger charge is -2.16. The molecule has 2 aromatic rings. The Hall–Kier alpha value is -3.72. The molecule has 174 valence electrons. The molecule has 0 aromatic heterocycles. The van der Waals surface area contributed by atoms with Crippen LogP contribution in [0.15, 0.2) is 54.2 Å². The summed E-state index contributed by atoms with van der Waals surface area (Å²) >= 11 is 0. The smallest absolute Gasteiger partial charge is 0.278 e. The van der Waals surface area contributed by atoms with Gasteiger partial charge in [-0.15, -0.1) is 0 Å². The number of nitro benzene ring substituents is 1. The second-order valence-electron chi connectivity index (χ2n) is 8.05. The SMILES string of the molecule is CC(C)OCCN1C(=O)C(Nc2ccc(OC(C)C)cc2)=C(c2ccc([N+](=O)[O-])cc2)C1=O. The van der Waals surface area contributed by atoms with Crippen molar-refractivity contribution in [3.8, 4) is 5.75 Å². The number of nitrogens with zero attached hydrogens (tertiary/aromatic N) is 2. The van der Waals surface area contributed by atoms with E-state index >= 15 is 0 Å². The van der Waals surface area contributed by atoms with Crippen LogP contribution in [0.3, 0.4) is 0 Å². The number of carbonyl (C=O) groups excluding carboxylic acids is 2. The van der Waals surface area contributed by atoms with Gasteiger partial charge in [-0.2, -0.15) is 0 Å². The van der Waals surface area contributed by atoms with Crippen molar-refractivity contribution < 1.29 is 24.0 Å². The third-order valence-electron chi connectivity index (χ3n) is 4.80. The molecule has 0 bridgehead atoms. The number of nitro groups is 1. The van der Waals surface area contributed by atoms with Gasteiger partial charge < -0.3 is 14.8 Å². The van der Waals surface area contributed by atoms with Gasteiger partial charge in [0.1, 0.15) is 11.4 Å². The Bertz CT molecular complexity index is 1060. The highest BCUT2D eigenvalue weighted by Gasteiger charge is 2.39. The first kappa shape index (κ1) is 23.9. The molecule has 9 nitrogen and oxygen atoms in total. The molecular weight excluding hydrogens is 426 g/mol. The summed E-state index contributed by atoms with van der Waals surface area (Å²) in [7, 11) is 0. The van der Waals surface area contributed by atoms with E-state index in [1.807, 2.05) is 27.7 Å². The van der Waals surface area contributed by atoms with Crippen LogP contribution >= 0.6 is 0 Å². The van der Waals surface area contributed by atoms with Crippen molar-refractivity contribution in [3.63, 3.8) is 0 Å². The highest BCUT2D eigenvalue weighted by Crippen LogP contribution is 2.31. The second kappa shape index (κ2) is 10.3. The Morgan fingerprint density at radius 1 is 0.939 bits per heavy atom. The summed E-state index contributed by atoms with van der Waals surface area (Å²) in [5, 5.41) is 14.1. The Kier molecular flexibility index (Phi) is 7.44. The van der Waals surface area contributed by atoms with E-state index in [1.54, 1.807) is 24.3 Å². The molecule has 0 saturated carbocycles. The van der Waals surface area contributed by atoms with Crippen molar-refractivity contribution >= 4 is 28.8 Å². The normalized spacial score (nSPS) is 13.9. The summed E-state index contributed by atoms with van der Waals surface area (Å²) in [5.41, 5.74) is 1.17. The molecule has 3 rings (SSSR count). The standard InChI is InChI=1S/C24H27N3O6/c1-15(2)32-14-13-26-23(28)21(17-5-9-19(10-6-17)27(30)31)22(24(26)29)25-18-7-11-20(12-8-18)33-16(3)4/h5-12,15-16,25H,13-14H2,1-4H3. The molecule has 33 heavy (non-hydrogen) atoms. The van der Waals surface area contributed by atoms with Crippen molar-refractivity contribution in [2.24, 2.45) is 0 Å². The van der Waals surface area contributed by atoms with Crippen LogP contribution in [0.1, 0.15) is 33.3 Å². The number of hydrogen-bond donors (Lipinski definition) is 1. The van der Waals surface area contributed by atoms with E-state index in [-0.39, 0.29) is 42.3 Å². The summed E-state index contributed by atoms with van der Waals surface area (Å²) in [5.74, 6) is -0.284. The Morgan fingerprint density at radius 3 is 2.12 bits per heavy atom. The highest BCUT2D eigenvalue weighted by atomic mass is 16.6. The maximum Gasteiger partial charge on any atom is 0.278 e. The maximum absolute atomic E-state index is 13.2. The average Bonchev–Trinajstić information content (AvgIpc) is 2.98. The molecule has 0 atom stereocenters. The summed E-state index contributed by atoms with van der Waals surface area (Å²) in [6.07, 6.45) is -0.0139. The van der Waals surface area contributed by atoms with E-state index in [4.69, 9.17) is 9.47 Å². The summed E-state index contributed by atoms with van der Waals surface area (Å²) in [6, 6.07) is 12.6. The lowest BCUT2D eigenvalue weighted by Crippen LogP contribution is -2.35. The monoisotopic (exact) mass is 453 g/mol. The van der Waals surface area contributed by atoms with E-state index in [0.717, 1.165) is 4.90 Å². The molecule has 0 unspecified atom stereocenters. The van der Waals surface area contributed by atoms with Gasteiger partial charge >= 0.3 is 0 Å². The highest BCUT2D eigenvalue weighted by molar-refractivity contribution is 6.36. The molecule has 2 amide bonds. The minimum Gasteiger partial charge on any atom is -0.491 e. The zero-order valence-electron chi connectivity index (χ0n) is 19.0. The van der Waals surface area contributed by atoms with Gasteiger partial charge in [-0.1, -0.05) is 0 Å². The number of benzene rings is 2. The predicted molar refractivity (Wildman–Crippen MR) is 124 cm³/mol. The van der Waals surface area contributed by atoms with Gasteiger partial charge in [0.25, 0.3) is 17.5 Å². The average molecular weight is 453 g/mol. The molecule has 1 N–H and O–H groups in total. The third kappa shape index (κ3) is 5.75. The molecule has 0 saturated heterocycles. The lowest BCUT2D eigenvalue weighted by atomic mass is 10.0. The second-order valence-corrected chi connectivity index (χ2v) is 8.05. The summed E-state index contributed by atoms with van der Waals surface area (Å²) in [4.78, 5) is 38.0. The number of nitrogens with one attached hydrogen (secondary N) is 1. The van der Waals surface area contributed by atoms with Crippen LogP contribution in [-0.2, 0) is 14.3 Å². The number of non-ortho nitro benzene ring substituents is 1. The van der Waals surface area contributed by atoms with Crippen LogP contribution in [0.2, 0.25) is 0 Å². The first-order chi connectivity index (χ1) is 15.7. The zero-order valence-corrected chi connectivity index (χ0v) is 19.0. The molecular formula is C24H27N3O6. The quantitative estimate of drug-likeness (QED) is 0.329. The first-order valence-electron chi connectivity index (χ1n) is 10.7. The van der Waals surface area contributed by atoms with Crippen LogP contribution in [0.5, 0.6) is 5.75 Å². The van der Waals surface area contributed by atoms with Crippen LogP contribution in [0.25, 0.3) is 5.57 Å². The Labute approximate surface area is 192 Å². The van der Waals surface area contributed by atoms with Crippen molar-refractivity contribution in [2.45, 2.75) is 39.9 Å². The number of ether oxygens (including phenoxy) is 2. The number of rotatable bonds is 10. The number of hydrogen-bond acceptors (Lipinski definition) is 7. The van der Waals surface area contributed by atoms with Gasteiger partial charge in [0.2, 0.25) is 0 Å². The fourth-order valence-electron chi connectivity index (χ4n) is 3.33. The molecule has 1 aliphatic rings. The zero-order chi connectivity index (χ0) is 24.1. The molecule has 1 heterocycles. The van der Waals surface area contributed by atoms with Crippen molar-refractivity contribution in [2.75, 3.05) is 18.5 Å². The fourth-order valence-corrected chi connectivity index (χ4v) is 3.33. The topological polar surface area (TPSA) is 111 Å². The van der Waals surface area contributed by atoms with Crippen LogP contribution in [0.4, 0.5) is 11.4 Å². The number of anilines is 1. The molecule has 0 spiro atoms. The molecule has 9 heteroatoms. The van der Waals surface area contributed by atoms with E-state index in [9.17, 15) is 19.7 Å². The van der Waals surface area contributed by atoms with Crippen LogP contribution in [0, 0.1) is 10.1 Å². The number of carbonyl (C=O) groups is 2. The molecule has 0 fully saturated rings. The number of amides is 2. The van der Waals surface area contributed by atoms with E-state index in [2.05, 4.69) is 5.32 Å². The lowest BCUT2D eigenvalue weighted by molar-refractivity contribution is -0.384. The van der Waals surface area contributed by atoms with Gasteiger partial charge in [0.05, 0.1) is 35.9 Å². The van der Waals surface area contributed by atoms with Crippen LogP contribution in [-0.4, -0.2) is 47.0 Å². The first-order valence-corrected chi connectivity index (χ1v) is 10.7. The van der Waals surface area contributed by atoms with Crippen molar-refractivity contribution in [1.29, 1.82) is 0 Å². The van der Waals surface area contributed by atoms with Gasteiger partial charge in [0.15, 0.2) is 0 Å². The third-order valence-corrected chi connectivity index (χ3v) is 4.80. The minimum absolute atomic E-state index is 0.0240. The Balaban J connectivity index is 1.93. The van der Waals surface area contributed by atoms with Gasteiger partial charge in [-0.25, -0.2) is 0 Å². The molecule has 2 aromatic carbocycles. The number of imide groups is 1. The molecule has 1 aliphatic heterocycles. The molecule has 0 aliphatic carbocycles. The fraction of sp³-hybridized carbons (Fsp3) is 0.333. The summed E-state index contributed by atoms with van der Waals surface area (Å²) in [6.45, 7) is 7.89. The van der Waals surface area contributed by atoms with E-state index in [1.165, 1.54) is 24.3 Å². The molecule has 0 radical (unpaired) electrons. The van der Waals surface area contributed by atoms with Crippen molar-refractivity contribution in [1.82, 2.24) is 4.90 Å². The largest absolute Gasteiger partial charge is 0.491 e. The van der Waals surface area contributed by atoms with Crippen LogP contribution < -0.4 is 10.1 Å². The van der Waals surface area contributed by atoms with Gasteiger partial charge in [-0.3, -0.25) is 24.6 Å². The van der Waals surface area contributed by atoms with Crippen molar-refractivity contribution in [3.05, 3.63) is 69.9 Å². The van der Waals surface area contributed by atoms with E-state index < -0.39 is 16.7 Å². The predicted octanol–water partition coefficient (Wildman–Crippen LogP) is 4.00. The maximum atomic E-state index is 13.2. The van der Waals surface area contributed by atoms with E-state index in [0.29, 0.717) is 17.0 Å². The van der Waals surface area contributed by atoms with Gasteiger partial charge in [0, 0.05) is 17.8 Å².